The Kier molecular flexibility index (Phi) is 3.29. The van der Waals surface area contributed by atoms with Gasteiger partial charge in [0.1, 0.15) is 0 Å². The Labute approximate surface area is 95.6 Å². The molecule has 88 valence electrons. The van der Waals surface area contributed by atoms with Crippen molar-refractivity contribution in [3.05, 3.63) is 23.7 Å². The van der Waals surface area contributed by atoms with Crippen LogP contribution in [-0.2, 0) is 0 Å². The van der Waals surface area contributed by atoms with Crippen molar-refractivity contribution < 1.29 is 9.21 Å². The van der Waals surface area contributed by atoms with Crippen LogP contribution < -0.4 is 5.32 Å². The molecule has 16 heavy (non-hydrogen) atoms. The van der Waals surface area contributed by atoms with Crippen molar-refractivity contribution in [1.82, 2.24) is 10.2 Å². The first-order valence-electron chi connectivity index (χ1n) is 5.73. The fraction of sp³-hybridized carbons (Fsp3) is 0.583. The zero-order valence-electron chi connectivity index (χ0n) is 9.82. The summed E-state index contributed by atoms with van der Waals surface area (Å²) in [5.41, 5.74) is 0.917. The lowest BCUT2D eigenvalue weighted by atomic mass is 10.0. The van der Waals surface area contributed by atoms with E-state index in [1.54, 1.807) is 6.26 Å². The molecule has 0 bridgehead atoms. The third-order valence-corrected chi connectivity index (χ3v) is 3.25. The van der Waals surface area contributed by atoms with E-state index in [-0.39, 0.29) is 5.91 Å². The van der Waals surface area contributed by atoms with Crippen LogP contribution in [0.25, 0.3) is 0 Å². The number of furan rings is 1. The van der Waals surface area contributed by atoms with Crippen molar-refractivity contribution in [3.8, 4) is 0 Å². The highest BCUT2D eigenvalue weighted by Gasteiger charge is 2.25. The van der Waals surface area contributed by atoms with Crippen molar-refractivity contribution in [2.24, 2.45) is 0 Å². The number of aryl methyl sites for hydroxylation is 1. The number of nitrogens with one attached hydrogen (secondary N) is 1. The molecule has 1 saturated heterocycles. The number of amides is 1. The van der Waals surface area contributed by atoms with E-state index in [9.17, 15) is 4.79 Å². The predicted molar refractivity (Wildman–Crippen MR) is 61.4 cm³/mol. The van der Waals surface area contributed by atoms with Crippen molar-refractivity contribution in [2.75, 3.05) is 20.1 Å². The number of hydrogen-bond donors (Lipinski definition) is 1. The van der Waals surface area contributed by atoms with Gasteiger partial charge in [0.05, 0.1) is 6.26 Å². The summed E-state index contributed by atoms with van der Waals surface area (Å²) in [5.74, 6) is 0.514. The summed E-state index contributed by atoms with van der Waals surface area (Å²) >= 11 is 0. The predicted octanol–water partition coefficient (Wildman–Crippen LogP) is 1.41. The molecular formula is C12H18N2O2. The van der Waals surface area contributed by atoms with Gasteiger partial charge < -0.3 is 14.6 Å². The molecule has 1 aromatic rings. The number of nitrogens with zero attached hydrogens (tertiary/aromatic N) is 1. The molecular weight excluding hydrogens is 204 g/mol. The van der Waals surface area contributed by atoms with Gasteiger partial charge in [-0.2, -0.15) is 0 Å². The monoisotopic (exact) mass is 222 g/mol. The molecule has 0 aromatic carbocycles. The summed E-state index contributed by atoms with van der Waals surface area (Å²) in [6.45, 7) is 3.52. The van der Waals surface area contributed by atoms with Crippen LogP contribution in [0, 0.1) is 6.92 Å². The minimum absolute atomic E-state index is 0.0250. The second-order valence-corrected chi connectivity index (χ2v) is 4.29. The third-order valence-electron chi connectivity index (χ3n) is 3.25. The molecule has 0 aliphatic carbocycles. The summed E-state index contributed by atoms with van der Waals surface area (Å²) < 4.78 is 5.23. The van der Waals surface area contributed by atoms with E-state index in [0.29, 0.717) is 11.8 Å². The lowest BCUT2D eigenvalue weighted by molar-refractivity contribution is 0.0674. The Morgan fingerprint density at radius 3 is 2.69 bits per heavy atom. The number of piperidine rings is 1. The minimum Gasteiger partial charge on any atom is -0.459 e. The van der Waals surface area contributed by atoms with E-state index in [4.69, 9.17) is 4.42 Å². The standard InChI is InChI=1S/C12H18N2O2/c1-9-5-8-16-11(9)12(15)14-6-3-10(13-2)4-7-14/h5,8,10,13H,3-4,6-7H2,1-2H3. The van der Waals surface area contributed by atoms with E-state index in [1.165, 1.54) is 0 Å². The summed E-state index contributed by atoms with van der Waals surface area (Å²) in [6.07, 6.45) is 3.60. The molecule has 4 heteroatoms. The molecule has 1 aliphatic heterocycles. The van der Waals surface area contributed by atoms with Gasteiger partial charge >= 0.3 is 0 Å². The summed E-state index contributed by atoms with van der Waals surface area (Å²) in [5, 5.41) is 3.25. The van der Waals surface area contributed by atoms with E-state index >= 15 is 0 Å². The fourth-order valence-electron chi connectivity index (χ4n) is 2.11. The first kappa shape index (κ1) is 11.2. The lowest BCUT2D eigenvalue weighted by Crippen LogP contribution is -2.44. The first-order valence-corrected chi connectivity index (χ1v) is 5.73. The zero-order valence-corrected chi connectivity index (χ0v) is 9.82. The van der Waals surface area contributed by atoms with Gasteiger partial charge in [-0.1, -0.05) is 0 Å². The summed E-state index contributed by atoms with van der Waals surface area (Å²) in [6, 6.07) is 2.37. The Balaban J connectivity index is 2.00. The van der Waals surface area contributed by atoms with E-state index in [2.05, 4.69) is 5.32 Å². The average molecular weight is 222 g/mol. The van der Waals surface area contributed by atoms with Crippen molar-refractivity contribution in [2.45, 2.75) is 25.8 Å². The Hall–Kier alpha value is -1.29. The van der Waals surface area contributed by atoms with Crippen LogP contribution in [0.1, 0.15) is 29.0 Å². The van der Waals surface area contributed by atoms with Crippen LogP contribution in [0.3, 0.4) is 0 Å². The van der Waals surface area contributed by atoms with Crippen LogP contribution in [0.4, 0.5) is 0 Å². The maximum absolute atomic E-state index is 12.1. The van der Waals surface area contributed by atoms with Gasteiger partial charge in [-0.05, 0) is 32.9 Å². The van der Waals surface area contributed by atoms with Gasteiger partial charge in [0.25, 0.3) is 5.91 Å². The molecule has 0 saturated carbocycles. The van der Waals surface area contributed by atoms with Crippen LogP contribution in [0.2, 0.25) is 0 Å². The molecule has 2 heterocycles. The number of carbonyl (C=O) groups is 1. The molecule has 1 aliphatic rings. The molecule has 0 unspecified atom stereocenters. The second-order valence-electron chi connectivity index (χ2n) is 4.29. The molecule has 0 radical (unpaired) electrons. The van der Waals surface area contributed by atoms with E-state index < -0.39 is 0 Å². The Bertz CT molecular complexity index is 365. The minimum atomic E-state index is 0.0250. The van der Waals surface area contributed by atoms with Crippen LogP contribution in [0.5, 0.6) is 0 Å². The topological polar surface area (TPSA) is 45.5 Å². The molecule has 1 aromatic heterocycles. The van der Waals surface area contributed by atoms with Crippen LogP contribution in [0.15, 0.2) is 16.7 Å². The van der Waals surface area contributed by atoms with Crippen molar-refractivity contribution in [1.29, 1.82) is 0 Å². The number of hydrogen-bond acceptors (Lipinski definition) is 3. The highest BCUT2D eigenvalue weighted by Crippen LogP contribution is 2.16. The maximum Gasteiger partial charge on any atom is 0.289 e. The SMILES string of the molecule is CNC1CCN(C(=O)c2occc2C)CC1. The summed E-state index contributed by atoms with van der Waals surface area (Å²) in [7, 11) is 1.97. The zero-order chi connectivity index (χ0) is 11.5. The van der Waals surface area contributed by atoms with Gasteiger partial charge in [-0.15, -0.1) is 0 Å². The van der Waals surface area contributed by atoms with E-state index in [1.807, 2.05) is 24.9 Å². The highest BCUT2D eigenvalue weighted by atomic mass is 16.3. The Morgan fingerprint density at radius 2 is 2.19 bits per heavy atom. The van der Waals surface area contributed by atoms with Crippen molar-refractivity contribution in [3.63, 3.8) is 0 Å². The lowest BCUT2D eigenvalue weighted by Gasteiger charge is -2.31. The Morgan fingerprint density at radius 1 is 1.50 bits per heavy atom. The van der Waals surface area contributed by atoms with Gasteiger partial charge in [-0.25, -0.2) is 0 Å². The van der Waals surface area contributed by atoms with Gasteiger partial charge in [0, 0.05) is 24.7 Å². The van der Waals surface area contributed by atoms with E-state index in [0.717, 1.165) is 31.5 Å². The number of rotatable bonds is 2. The van der Waals surface area contributed by atoms with Gasteiger partial charge in [0.2, 0.25) is 0 Å². The van der Waals surface area contributed by atoms with Gasteiger partial charge in [0.15, 0.2) is 5.76 Å². The third kappa shape index (κ3) is 2.11. The fourth-order valence-corrected chi connectivity index (χ4v) is 2.11. The number of likely N-dealkylation sites (tertiary alicyclic amines) is 1. The van der Waals surface area contributed by atoms with Gasteiger partial charge in [-0.3, -0.25) is 4.79 Å². The first-order chi connectivity index (χ1) is 7.72. The van der Waals surface area contributed by atoms with Crippen molar-refractivity contribution >= 4 is 5.91 Å². The molecule has 0 atom stereocenters. The molecule has 1 N–H and O–H groups in total. The smallest absolute Gasteiger partial charge is 0.289 e. The molecule has 0 spiro atoms. The second kappa shape index (κ2) is 4.70. The maximum atomic E-state index is 12.1. The van der Waals surface area contributed by atoms with Crippen LogP contribution in [-0.4, -0.2) is 37.0 Å². The molecule has 1 amide bonds. The molecule has 1 fully saturated rings. The molecule has 4 nitrogen and oxygen atoms in total. The number of carbonyl (C=O) groups excluding carboxylic acids is 1. The quantitative estimate of drug-likeness (QED) is 0.823. The summed E-state index contributed by atoms with van der Waals surface area (Å²) in [4.78, 5) is 14.0. The van der Waals surface area contributed by atoms with Crippen LogP contribution >= 0.6 is 0 Å². The molecule has 2 rings (SSSR count). The largest absolute Gasteiger partial charge is 0.459 e. The normalized spacial score (nSPS) is 17.8. The highest BCUT2D eigenvalue weighted by molar-refractivity contribution is 5.92. The average Bonchev–Trinajstić information content (AvgIpc) is 2.75.